The number of benzene rings is 1. The van der Waals surface area contributed by atoms with Crippen LogP contribution in [0.1, 0.15) is 59.2 Å². The van der Waals surface area contributed by atoms with Gasteiger partial charge in [0.1, 0.15) is 28.2 Å². The lowest BCUT2D eigenvalue weighted by Crippen LogP contribution is -2.17. The Kier molecular flexibility index (Phi) is 7.61. The van der Waals surface area contributed by atoms with E-state index in [2.05, 4.69) is 5.32 Å². The number of carbonyl (C=O) groups excluding carboxylic acids is 2. The van der Waals surface area contributed by atoms with Crippen LogP contribution in [0.3, 0.4) is 0 Å². The summed E-state index contributed by atoms with van der Waals surface area (Å²) in [4.78, 5) is 26.9. The van der Waals surface area contributed by atoms with Crippen LogP contribution in [0.5, 0.6) is 0 Å². The highest BCUT2D eigenvalue weighted by atomic mass is 32.1. The summed E-state index contributed by atoms with van der Waals surface area (Å²) in [6.07, 6.45) is 6.84. The summed E-state index contributed by atoms with van der Waals surface area (Å²) in [6, 6.07) is 15.0. The zero-order valence-corrected chi connectivity index (χ0v) is 19.9. The number of ether oxygens (including phenoxy) is 1. The van der Waals surface area contributed by atoms with E-state index in [1.807, 2.05) is 43.3 Å². The molecule has 2 heterocycles. The largest absolute Gasteiger partial charge is 0.462 e. The Labute approximate surface area is 202 Å². The van der Waals surface area contributed by atoms with E-state index in [-0.39, 0.29) is 5.57 Å². The molecule has 1 N–H and O–H groups in total. The molecule has 1 amide bonds. The van der Waals surface area contributed by atoms with Gasteiger partial charge in [0.25, 0.3) is 5.91 Å². The molecule has 0 atom stereocenters. The van der Waals surface area contributed by atoms with Crippen molar-refractivity contribution in [3.63, 3.8) is 0 Å². The number of unbranched alkanes of at least 4 members (excludes halogenated alkanes) is 1. The lowest BCUT2D eigenvalue weighted by atomic mass is 9.95. The first-order valence-corrected chi connectivity index (χ1v) is 12.3. The van der Waals surface area contributed by atoms with Crippen molar-refractivity contribution in [2.75, 3.05) is 11.9 Å². The van der Waals surface area contributed by atoms with E-state index in [9.17, 15) is 14.9 Å². The quantitative estimate of drug-likeness (QED) is 0.177. The zero-order chi connectivity index (χ0) is 23.9. The molecular formula is C27H26N2O4S. The summed E-state index contributed by atoms with van der Waals surface area (Å²) in [5.74, 6) is 0.0494. The van der Waals surface area contributed by atoms with E-state index in [4.69, 9.17) is 9.15 Å². The first-order chi connectivity index (χ1) is 16.6. The third kappa shape index (κ3) is 5.29. The summed E-state index contributed by atoms with van der Waals surface area (Å²) < 4.78 is 11.3. The number of anilines is 1. The Morgan fingerprint density at radius 1 is 1.18 bits per heavy atom. The molecule has 34 heavy (non-hydrogen) atoms. The molecule has 0 bridgehead atoms. The third-order valence-corrected chi connectivity index (χ3v) is 6.88. The normalized spacial score (nSPS) is 13.1. The molecule has 2 aromatic heterocycles. The molecule has 4 rings (SSSR count). The van der Waals surface area contributed by atoms with Gasteiger partial charge in [0, 0.05) is 16.5 Å². The van der Waals surface area contributed by atoms with Crippen molar-refractivity contribution in [2.45, 2.75) is 45.4 Å². The lowest BCUT2D eigenvalue weighted by molar-refractivity contribution is -0.112. The van der Waals surface area contributed by atoms with Crippen LogP contribution in [0.15, 0.2) is 52.5 Å². The minimum Gasteiger partial charge on any atom is -0.462 e. The van der Waals surface area contributed by atoms with Crippen molar-refractivity contribution in [1.82, 2.24) is 0 Å². The number of aryl methyl sites for hydroxylation is 1. The highest BCUT2D eigenvalue weighted by Gasteiger charge is 2.28. The van der Waals surface area contributed by atoms with Gasteiger partial charge in [0.2, 0.25) is 0 Å². The number of carbonyl (C=O) groups is 2. The SMILES string of the molecule is CCCCOC(=O)c1c(NC(=O)C(C#N)=Cc2ccc(-c3ccccc3)o2)sc2c1CCCC2. The maximum Gasteiger partial charge on any atom is 0.341 e. The first kappa shape index (κ1) is 23.5. The molecule has 6 nitrogen and oxygen atoms in total. The van der Waals surface area contributed by atoms with E-state index in [0.29, 0.717) is 28.7 Å². The van der Waals surface area contributed by atoms with Crippen molar-refractivity contribution in [1.29, 1.82) is 5.26 Å². The van der Waals surface area contributed by atoms with Gasteiger partial charge in [-0.3, -0.25) is 4.79 Å². The number of hydrogen-bond donors (Lipinski definition) is 1. The Hall–Kier alpha value is -3.63. The molecule has 0 spiro atoms. The second-order valence-corrected chi connectivity index (χ2v) is 9.20. The fraction of sp³-hybridized carbons (Fsp3) is 0.296. The van der Waals surface area contributed by atoms with Gasteiger partial charge in [-0.1, -0.05) is 43.7 Å². The Balaban J connectivity index is 1.56. The van der Waals surface area contributed by atoms with Gasteiger partial charge in [-0.2, -0.15) is 5.26 Å². The number of nitrogens with one attached hydrogen (secondary N) is 1. The number of nitriles is 1. The molecule has 0 radical (unpaired) electrons. The van der Waals surface area contributed by atoms with E-state index in [1.54, 1.807) is 12.1 Å². The van der Waals surface area contributed by atoms with E-state index in [1.165, 1.54) is 17.4 Å². The summed E-state index contributed by atoms with van der Waals surface area (Å²) in [6.45, 7) is 2.38. The summed E-state index contributed by atoms with van der Waals surface area (Å²) >= 11 is 1.40. The van der Waals surface area contributed by atoms with Crippen molar-refractivity contribution in [3.05, 3.63) is 69.8 Å². The van der Waals surface area contributed by atoms with Crippen molar-refractivity contribution >= 4 is 34.3 Å². The smallest absolute Gasteiger partial charge is 0.341 e. The maximum atomic E-state index is 13.0. The number of esters is 1. The average molecular weight is 475 g/mol. The van der Waals surface area contributed by atoms with Crippen LogP contribution in [0, 0.1) is 11.3 Å². The Morgan fingerprint density at radius 2 is 1.97 bits per heavy atom. The summed E-state index contributed by atoms with van der Waals surface area (Å²) in [5.41, 5.74) is 2.20. The second kappa shape index (κ2) is 11.0. The molecule has 174 valence electrons. The van der Waals surface area contributed by atoms with Crippen LogP contribution in [-0.4, -0.2) is 18.5 Å². The molecule has 7 heteroatoms. The minimum absolute atomic E-state index is 0.106. The second-order valence-electron chi connectivity index (χ2n) is 8.10. The van der Waals surface area contributed by atoms with Crippen LogP contribution in [0.25, 0.3) is 17.4 Å². The number of nitrogens with zero attached hydrogens (tertiary/aromatic N) is 1. The van der Waals surface area contributed by atoms with Crippen LogP contribution in [0.2, 0.25) is 0 Å². The number of fused-ring (bicyclic) bond motifs is 1. The van der Waals surface area contributed by atoms with Crippen molar-refractivity contribution in [3.8, 4) is 17.4 Å². The van der Waals surface area contributed by atoms with Gasteiger partial charge in [-0.25, -0.2) is 4.79 Å². The van der Waals surface area contributed by atoms with Gasteiger partial charge in [0.05, 0.1) is 12.2 Å². The standard InChI is InChI=1S/C27H26N2O4S/c1-2-3-15-32-27(31)24-21-11-7-8-12-23(21)34-26(24)29-25(30)19(17-28)16-20-13-14-22(33-20)18-9-5-4-6-10-18/h4-6,9-10,13-14,16H,2-3,7-8,11-12,15H2,1H3,(H,29,30). The first-order valence-electron chi connectivity index (χ1n) is 11.5. The van der Waals surface area contributed by atoms with Crippen molar-refractivity contribution < 1.29 is 18.7 Å². The number of amides is 1. The number of hydrogen-bond acceptors (Lipinski definition) is 6. The summed E-state index contributed by atoms with van der Waals surface area (Å²) in [5, 5.41) is 12.9. The topological polar surface area (TPSA) is 92.3 Å². The molecule has 0 fully saturated rings. The fourth-order valence-electron chi connectivity index (χ4n) is 3.90. The molecule has 3 aromatic rings. The Bertz CT molecular complexity index is 1250. The van der Waals surface area contributed by atoms with Gasteiger partial charge in [0.15, 0.2) is 0 Å². The lowest BCUT2D eigenvalue weighted by Gasteiger charge is -2.12. The van der Waals surface area contributed by atoms with Gasteiger partial charge >= 0.3 is 5.97 Å². The number of thiophene rings is 1. The summed E-state index contributed by atoms with van der Waals surface area (Å²) in [7, 11) is 0. The van der Waals surface area contributed by atoms with Crippen molar-refractivity contribution in [2.24, 2.45) is 0 Å². The minimum atomic E-state index is -0.582. The third-order valence-electron chi connectivity index (χ3n) is 5.67. The van der Waals surface area contributed by atoms with Crippen LogP contribution in [0.4, 0.5) is 5.00 Å². The van der Waals surface area contributed by atoms with E-state index in [0.717, 1.165) is 54.5 Å². The molecule has 1 aromatic carbocycles. The average Bonchev–Trinajstić information content (AvgIpc) is 3.47. The predicted molar refractivity (Wildman–Crippen MR) is 133 cm³/mol. The highest BCUT2D eigenvalue weighted by Crippen LogP contribution is 2.39. The molecular weight excluding hydrogens is 448 g/mol. The van der Waals surface area contributed by atoms with Gasteiger partial charge < -0.3 is 14.5 Å². The highest BCUT2D eigenvalue weighted by molar-refractivity contribution is 7.17. The maximum absolute atomic E-state index is 13.0. The van der Waals surface area contributed by atoms with E-state index >= 15 is 0 Å². The van der Waals surface area contributed by atoms with Crippen LogP contribution < -0.4 is 5.32 Å². The molecule has 1 aliphatic rings. The molecule has 1 aliphatic carbocycles. The predicted octanol–water partition coefficient (Wildman–Crippen LogP) is 6.39. The monoisotopic (exact) mass is 474 g/mol. The van der Waals surface area contributed by atoms with E-state index < -0.39 is 11.9 Å². The molecule has 0 saturated heterocycles. The fourth-order valence-corrected chi connectivity index (χ4v) is 5.17. The van der Waals surface area contributed by atoms with Crippen LogP contribution in [-0.2, 0) is 22.4 Å². The van der Waals surface area contributed by atoms with Gasteiger partial charge in [-0.05, 0) is 49.8 Å². The molecule has 0 saturated carbocycles. The van der Waals surface area contributed by atoms with Gasteiger partial charge in [-0.15, -0.1) is 11.3 Å². The Morgan fingerprint density at radius 3 is 2.74 bits per heavy atom. The van der Waals surface area contributed by atoms with Crippen LogP contribution >= 0.6 is 11.3 Å². The number of furan rings is 1. The zero-order valence-electron chi connectivity index (χ0n) is 19.1. The number of rotatable bonds is 8. The molecule has 0 aliphatic heterocycles. The molecule has 0 unspecified atom stereocenters.